The lowest BCUT2D eigenvalue weighted by Crippen LogP contribution is -2.46. The van der Waals surface area contributed by atoms with Gasteiger partial charge >= 0.3 is 6.03 Å². The van der Waals surface area contributed by atoms with Crippen molar-refractivity contribution in [2.24, 2.45) is 0 Å². The average Bonchev–Trinajstić information content (AvgIpc) is 2.45. The molecule has 1 aliphatic rings. The van der Waals surface area contributed by atoms with Gasteiger partial charge in [0.15, 0.2) is 0 Å². The zero-order valence-electron chi connectivity index (χ0n) is 11.4. The first-order valence-corrected chi connectivity index (χ1v) is 6.98. The van der Waals surface area contributed by atoms with Gasteiger partial charge in [0, 0.05) is 19.6 Å². The second-order valence-electron chi connectivity index (χ2n) is 5.02. The van der Waals surface area contributed by atoms with Crippen LogP contribution in [0.1, 0.15) is 30.9 Å². The summed E-state index contributed by atoms with van der Waals surface area (Å²) in [6.07, 6.45) is 2.26. The monoisotopic (exact) mass is 262 g/mol. The summed E-state index contributed by atoms with van der Waals surface area (Å²) in [6.45, 7) is 3.84. The summed E-state index contributed by atoms with van der Waals surface area (Å²) in [4.78, 5) is 13.7. The van der Waals surface area contributed by atoms with E-state index in [4.69, 9.17) is 0 Å². The lowest BCUT2D eigenvalue weighted by molar-refractivity contribution is 0.0841. The number of aliphatic hydroxyl groups excluding tert-OH is 1. The van der Waals surface area contributed by atoms with E-state index in [0.29, 0.717) is 13.1 Å². The minimum Gasteiger partial charge on any atom is -0.391 e. The number of piperidine rings is 1. The van der Waals surface area contributed by atoms with Crippen molar-refractivity contribution in [2.75, 3.05) is 13.1 Å². The van der Waals surface area contributed by atoms with Crippen molar-refractivity contribution in [3.63, 3.8) is 0 Å². The zero-order chi connectivity index (χ0) is 13.7. The molecule has 1 aliphatic heterocycles. The second-order valence-corrected chi connectivity index (χ2v) is 5.02. The van der Waals surface area contributed by atoms with Gasteiger partial charge in [-0.05, 0) is 30.4 Å². The Bertz CT molecular complexity index is 434. The fourth-order valence-electron chi connectivity index (χ4n) is 2.50. The molecule has 0 aliphatic carbocycles. The SMILES string of the molecule is CCc1ccccc1CNC(=O)N1CCCC(O)C1. The van der Waals surface area contributed by atoms with Crippen LogP contribution in [0.4, 0.5) is 4.79 Å². The third-order valence-electron chi connectivity index (χ3n) is 3.61. The van der Waals surface area contributed by atoms with E-state index in [9.17, 15) is 9.90 Å². The number of likely N-dealkylation sites (tertiary alicyclic amines) is 1. The Morgan fingerprint density at radius 3 is 2.84 bits per heavy atom. The molecule has 2 rings (SSSR count). The lowest BCUT2D eigenvalue weighted by atomic mass is 10.1. The molecule has 0 radical (unpaired) electrons. The minimum atomic E-state index is -0.373. The quantitative estimate of drug-likeness (QED) is 0.874. The largest absolute Gasteiger partial charge is 0.391 e. The number of carbonyl (C=O) groups excluding carboxylic acids is 1. The van der Waals surface area contributed by atoms with Crippen LogP contribution in [0.25, 0.3) is 0 Å². The van der Waals surface area contributed by atoms with E-state index in [1.165, 1.54) is 5.56 Å². The highest BCUT2D eigenvalue weighted by atomic mass is 16.3. The standard InChI is InChI=1S/C15H22N2O2/c1-2-12-6-3-4-7-13(12)10-16-15(19)17-9-5-8-14(18)11-17/h3-4,6-7,14,18H,2,5,8-11H2,1H3,(H,16,19). The molecule has 1 fully saturated rings. The number of hydrogen-bond acceptors (Lipinski definition) is 2. The molecule has 0 saturated carbocycles. The maximum absolute atomic E-state index is 12.0. The maximum Gasteiger partial charge on any atom is 0.317 e. The molecule has 1 heterocycles. The van der Waals surface area contributed by atoms with Crippen LogP contribution < -0.4 is 5.32 Å². The van der Waals surface area contributed by atoms with Crippen LogP contribution in [-0.2, 0) is 13.0 Å². The number of aryl methyl sites for hydroxylation is 1. The molecule has 2 N–H and O–H groups in total. The molecule has 19 heavy (non-hydrogen) atoms. The molecule has 1 aromatic carbocycles. The number of nitrogens with zero attached hydrogens (tertiary/aromatic N) is 1. The van der Waals surface area contributed by atoms with E-state index < -0.39 is 0 Å². The van der Waals surface area contributed by atoms with Crippen LogP contribution in [0.5, 0.6) is 0 Å². The highest BCUT2D eigenvalue weighted by molar-refractivity contribution is 5.74. The summed E-state index contributed by atoms with van der Waals surface area (Å²) in [5.41, 5.74) is 2.43. The number of aliphatic hydroxyl groups is 1. The topological polar surface area (TPSA) is 52.6 Å². The Kier molecular flexibility index (Phi) is 4.80. The minimum absolute atomic E-state index is 0.0790. The highest BCUT2D eigenvalue weighted by Gasteiger charge is 2.21. The second kappa shape index (κ2) is 6.57. The third kappa shape index (κ3) is 3.70. The van der Waals surface area contributed by atoms with Gasteiger partial charge in [0.05, 0.1) is 6.10 Å². The van der Waals surface area contributed by atoms with E-state index in [0.717, 1.165) is 31.4 Å². The van der Waals surface area contributed by atoms with Crippen molar-refractivity contribution in [3.05, 3.63) is 35.4 Å². The van der Waals surface area contributed by atoms with Crippen LogP contribution in [-0.4, -0.2) is 35.2 Å². The Hall–Kier alpha value is -1.55. The van der Waals surface area contributed by atoms with Gasteiger partial charge < -0.3 is 15.3 Å². The number of benzene rings is 1. The number of amides is 2. The number of urea groups is 1. The maximum atomic E-state index is 12.0. The molecule has 4 heteroatoms. The fraction of sp³-hybridized carbons (Fsp3) is 0.533. The molecule has 0 aromatic heterocycles. The third-order valence-corrected chi connectivity index (χ3v) is 3.61. The summed E-state index contributed by atoms with van der Waals surface area (Å²) < 4.78 is 0. The number of nitrogens with one attached hydrogen (secondary N) is 1. The molecule has 0 spiro atoms. The predicted molar refractivity (Wildman–Crippen MR) is 74.9 cm³/mol. The summed E-state index contributed by atoms with van der Waals surface area (Å²) in [5.74, 6) is 0. The van der Waals surface area contributed by atoms with Crippen molar-refractivity contribution in [1.29, 1.82) is 0 Å². The molecule has 1 aromatic rings. The normalized spacial score (nSPS) is 19.3. The number of rotatable bonds is 3. The van der Waals surface area contributed by atoms with Crippen LogP contribution in [0.15, 0.2) is 24.3 Å². The van der Waals surface area contributed by atoms with Crippen molar-refractivity contribution in [1.82, 2.24) is 10.2 Å². The summed E-state index contributed by atoms with van der Waals surface area (Å²) in [7, 11) is 0. The Labute approximate surface area is 114 Å². The Morgan fingerprint density at radius 2 is 2.16 bits per heavy atom. The molecule has 2 amide bonds. The van der Waals surface area contributed by atoms with E-state index in [-0.39, 0.29) is 12.1 Å². The van der Waals surface area contributed by atoms with E-state index in [2.05, 4.69) is 18.3 Å². The molecule has 104 valence electrons. The highest BCUT2D eigenvalue weighted by Crippen LogP contribution is 2.11. The van der Waals surface area contributed by atoms with Gasteiger partial charge in [-0.15, -0.1) is 0 Å². The van der Waals surface area contributed by atoms with Crippen LogP contribution >= 0.6 is 0 Å². The average molecular weight is 262 g/mol. The predicted octanol–water partition coefficient (Wildman–Crippen LogP) is 1.92. The van der Waals surface area contributed by atoms with Gasteiger partial charge in [0.1, 0.15) is 0 Å². The van der Waals surface area contributed by atoms with Gasteiger partial charge in [-0.3, -0.25) is 0 Å². The molecular weight excluding hydrogens is 240 g/mol. The van der Waals surface area contributed by atoms with Gasteiger partial charge in [0.25, 0.3) is 0 Å². The van der Waals surface area contributed by atoms with Gasteiger partial charge in [-0.2, -0.15) is 0 Å². The lowest BCUT2D eigenvalue weighted by Gasteiger charge is -2.30. The first kappa shape index (κ1) is 13.9. The van der Waals surface area contributed by atoms with Gasteiger partial charge in [-0.25, -0.2) is 4.79 Å². The van der Waals surface area contributed by atoms with E-state index in [1.54, 1.807) is 4.90 Å². The number of hydrogen-bond donors (Lipinski definition) is 2. The zero-order valence-corrected chi connectivity index (χ0v) is 11.4. The number of carbonyl (C=O) groups is 1. The van der Waals surface area contributed by atoms with Crippen molar-refractivity contribution >= 4 is 6.03 Å². The van der Waals surface area contributed by atoms with Gasteiger partial charge in [0.2, 0.25) is 0 Å². The summed E-state index contributed by atoms with van der Waals surface area (Å²) in [6, 6.07) is 8.07. The summed E-state index contributed by atoms with van der Waals surface area (Å²) >= 11 is 0. The molecule has 4 nitrogen and oxygen atoms in total. The van der Waals surface area contributed by atoms with Gasteiger partial charge in [-0.1, -0.05) is 31.2 Å². The van der Waals surface area contributed by atoms with Crippen molar-refractivity contribution in [3.8, 4) is 0 Å². The first-order chi connectivity index (χ1) is 9.20. The van der Waals surface area contributed by atoms with Crippen LogP contribution in [0.2, 0.25) is 0 Å². The molecule has 1 saturated heterocycles. The van der Waals surface area contributed by atoms with E-state index >= 15 is 0 Å². The Morgan fingerprint density at radius 1 is 1.42 bits per heavy atom. The van der Waals surface area contributed by atoms with Crippen molar-refractivity contribution < 1.29 is 9.90 Å². The first-order valence-electron chi connectivity index (χ1n) is 6.98. The van der Waals surface area contributed by atoms with E-state index in [1.807, 2.05) is 18.2 Å². The smallest absolute Gasteiger partial charge is 0.317 e. The number of β-amino-alcohol motifs (C(OH)–C–C–N with tert-alkyl or cyclic N) is 1. The molecule has 0 bridgehead atoms. The molecular formula is C15H22N2O2. The molecule has 1 unspecified atom stereocenters. The van der Waals surface area contributed by atoms with Crippen LogP contribution in [0, 0.1) is 0 Å². The Balaban J connectivity index is 1.89. The van der Waals surface area contributed by atoms with Crippen LogP contribution in [0.3, 0.4) is 0 Å². The molecule has 1 atom stereocenters. The summed E-state index contributed by atoms with van der Waals surface area (Å²) in [5, 5.41) is 12.5. The fourth-order valence-corrected chi connectivity index (χ4v) is 2.50. The van der Waals surface area contributed by atoms with Crippen molar-refractivity contribution in [2.45, 2.75) is 38.8 Å².